The van der Waals surface area contributed by atoms with Crippen LogP contribution in [0.4, 0.5) is 0 Å². The second-order valence-electron chi connectivity index (χ2n) is 5.39. The first-order valence-electron chi connectivity index (χ1n) is 6.82. The van der Waals surface area contributed by atoms with Gasteiger partial charge in [0.25, 0.3) is 5.91 Å². The van der Waals surface area contributed by atoms with Crippen LogP contribution >= 0.6 is 0 Å². The quantitative estimate of drug-likeness (QED) is 0.396. The molecule has 6 nitrogen and oxygen atoms in total. The number of hydrogen-bond donors (Lipinski definition) is 2. The van der Waals surface area contributed by atoms with Crippen molar-refractivity contribution in [1.29, 1.82) is 5.26 Å². The van der Waals surface area contributed by atoms with Crippen LogP contribution in [0.2, 0.25) is 0 Å². The zero-order valence-corrected chi connectivity index (χ0v) is 11.8. The summed E-state index contributed by atoms with van der Waals surface area (Å²) in [5.41, 5.74) is 2.13. The summed E-state index contributed by atoms with van der Waals surface area (Å²) in [7, 11) is 0. The zero-order chi connectivity index (χ0) is 14.3. The third kappa shape index (κ3) is 5.55. The van der Waals surface area contributed by atoms with Crippen LogP contribution in [0.5, 0.6) is 0 Å². The predicted octanol–water partition coefficient (Wildman–Crippen LogP) is 0.396. The molecule has 2 atom stereocenters. The predicted molar refractivity (Wildman–Crippen MR) is 71.7 cm³/mol. The van der Waals surface area contributed by atoms with Gasteiger partial charge in [0.15, 0.2) is 0 Å². The molecule has 0 aromatic rings. The number of carbonyl (C=O) groups excluding carboxylic acids is 1. The zero-order valence-electron chi connectivity index (χ0n) is 11.8. The average Bonchev–Trinajstić information content (AvgIpc) is 2.82. The van der Waals surface area contributed by atoms with Crippen LogP contribution in [0.25, 0.3) is 0 Å². The summed E-state index contributed by atoms with van der Waals surface area (Å²) in [6.45, 7) is 6.77. The normalized spacial score (nSPS) is 22.7. The Morgan fingerprint density at radius 1 is 1.58 bits per heavy atom. The Bertz CT molecular complexity index is 327. The van der Waals surface area contributed by atoms with Gasteiger partial charge in [-0.25, -0.2) is 5.84 Å². The first-order valence-corrected chi connectivity index (χ1v) is 6.82. The number of nitrogens with two attached hydrogens (primary N) is 1. The lowest BCUT2D eigenvalue weighted by Gasteiger charge is -2.26. The largest absolute Gasteiger partial charge is 0.364 e. The molecule has 0 bridgehead atoms. The van der Waals surface area contributed by atoms with Gasteiger partial charge >= 0.3 is 0 Å². The molecule has 1 rings (SSSR count). The summed E-state index contributed by atoms with van der Waals surface area (Å²) >= 11 is 0. The smallest absolute Gasteiger partial charge is 0.263 e. The van der Waals surface area contributed by atoms with E-state index in [1.165, 1.54) is 0 Å². The molecule has 1 fully saturated rings. The van der Waals surface area contributed by atoms with Gasteiger partial charge < -0.3 is 4.74 Å². The summed E-state index contributed by atoms with van der Waals surface area (Å²) in [5, 5.41) is 8.68. The molecule has 1 heterocycles. The van der Waals surface area contributed by atoms with Crippen LogP contribution in [0.15, 0.2) is 0 Å². The second kappa shape index (κ2) is 8.10. The lowest BCUT2D eigenvalue weighted by atomic mass is 10.1. The molecule has 0 radical (unpaired) electrons. The number of hydrazine groups is 1. The standard InChI is InChI=1S/C13H24N4O2/c1-10(2)8-17(7-3-6-14)9-11-4-5-12(19-11)13(18)16-15/h10-12H,3-5,7-9,15H2,1-2H3,(H,16,18). The van der Waals surface area contributed by atoms with Crippen molar-refractivity contribution in [3.63, 3.8) is 0 Å². The maximum atomic E-state index is 11.4. The molecule has 1 amide bonds. The van der Waals surface area contributed by atoms with Crippen molar-refractivity contribution in [3.8, 4) is 6.07 Å². The van der Waals surface area contributed by atoms with Gasteiger partial charge in [-0.3, -0.25) is 15.1 Å². The van der Waals surface area contributed by atoms with E-state index in [-0.39, 0.29) is 12.0 Å². The number of carbonyl (C=O) groups is 1. The molecule has 19 heavy (non-hydrogen) atoms. The van der Waals surface area contributed by atoms with Crippen LogP contribution in [0, 0.1) is 17.2 Å². The molecule has 0 aliphatic carbocycles. The second-order valence-corrected chi connectivity index (χ2v) is 5.39. The molecule has 108 valence electrons. The topological polar surface area (TPSA) is 91.4 Å². The molecule has 1 aliphatic heterocycles. The van der Waals surface area contributed by atoms with Crippen molar-refractivity contribution in [3.05, 3.63) is 0 Å². The minimum atomic E-state index is -0.424. The SMILES string of the molecule is CC(C)CN(CCC#N)CC1CCC(C(=O)NN)O1. The van der Waals surface area contributed by atoms with Gasteiger partial charge in [-0.05, 0) is 18.8 Å². The summed E-state index contributed by atoms with van der Waals surface area (Å²) < 4.78 is 5.69. The Balaban J connectivity index is 2.42. The van der Waals surface area contributed by atoms with Gasteiger partial charge in [0, 0.05) is 26.1 Å². The maximum absolute atomic E-state index is 11.4. The Labute approximate surface area is 114 Å². The van der Waals surface area contributed by atoms with Crippen molar-refractivity contribution >= 4 is 5.91 Å². The number of rotatable bonds is 7. The van der Waals surface area contributed by atoms with Crippen molar-refractivity contribution in [2.24, 2.45) is 11.8 Å². The van der Waals surface area contributed by atoms with E-state index in [1.54, 1.807) is 0 Å². The minimum Gasteiger partial charge on any atom is -0.364 e. The molecule has 2 unspecified atom stereocenters. The molecular formula is C13H24N4O2. The summed E-state index contributed by atoms with van der Waals surface area (Å²) in [6, 6.07) is 2.17. The van der Waals surface area contributed by atoms with E-state index in [0.717, 1.165) is 26.1 Å². The van der Waals surface area contributed by atoms with Crippen molar-refractivity contribution in [2.75, 3.05) is 19.6 Å². The fourth-order valence-electron chi connectivity index (χ4n) is 2.40. The number of nitrogens with zero attached hydrogens (tertiary/aromatic N) is 2. The number of hydrogen-bond acceptors (Lipinski definition) is 5. The van der Waals surface area contributed by atoms with E-state index in [2.05, 4.69) is 30.2 Å². The Morgan fingerprint density at radius 3 is 2.89 bits per heavy atom. The van der Waals surface area contributed by atoms with E-state index >= 15 is 0 Å². The highest BCUT2D eigenvalue weighted by Gasteiger charge is 2.31. The van der Waals surface area contributed by atoms with Gasteiger partial charge in [-0.15, -0.1) is 0 Å². The highest BCUT2D eigenvalue weighted by molar-refractivity contribution is 5.80. The van der Waals surface area contributed by atoms with E-state index in [4.69, 9.17) is 15.8 Å². The molecule has 0 aromatic heterocycles. The van der Waals surface area contributed by atoms with Crippen molar-refractivity contribution < 1.29 is 9.53 Å². The highest BCUT2D eigenvalue weighted by atomic mass is 16.5. The van der Waals surface area contributed by atoms with Gasteiger partial charge in [-0.1, -0.05) is 13.8 Å². The average molecular weight is 268 g/mol. The number of amides is 1. The number of nitrogens with one attached hydrogen (secondary N) is 1. The summed E-state index contributed by atoms with van der Waals surface area (Å²) in [4.78, 5) is 13.6. The van der Waals surface area contributed by atoms with Gasteiger partial charge in [-0.2, -0.15) is 5.26 Å². The van der Waals surface area contributed by atoms with Crippen LogP contribution in [0.3, 0.4) is 0 Å². The minimum absolute atomic E-state index is 0.0553. The Hall–Kier alpha value is -1.16. The lowest BCUT2D eigenvalue weighted by Crippen LogP contribution is -2.40. The van der Waals surface area contributed by atoms with E-state index in [9.17, 15) is 4.79 Å². The van der Waals surface area contributed by atoms with E-state index < -0.39 is 6.10 Å². The molecule has 0 spiro atoms. The molecule has 1 saturated heterocycles. The molecule has 6 heteroatoms. The van der Waals surface area contributed by atoms with Crippen LogP contribution in [-0.2, 0) is 9.53 Å². The Kier molecular flexibility index (Phi) is 6.78. The monoisotopic (exact) mass is 268 g/mol. The first-order chi connectivity index (χ1) is 9.06. The molecule has 1 aliphatic rings. The Morgan fingerprint density at radius 2 is 2.32 bits per heavy atom. The highest BCUT2D eigenvalue weighted by Crippen LogP contribution is 2.21. The van der Waals surface area contributed by atoms with Gasteiger partial charge in [0.05, 0.1) is 12.2 Å². The molecule has 0 saturated carbocycles. The fourth-order valence-corrected chi connectivity index (χ4v) is 2.40. The molecule has 3 N–H and O–H groups in total. The fraction of sp³-hybridized carbons (Fsp3) is 0.846. The van der Waals surface area contributed by atoms with E-state index in [0.29, 0.717) is 18.8 Å². The maximum Gasteiger partial charge on any atom is 0.263 e. The van der Waals surface area contributed by atoms with Crippen LogP contribution in [0.1, 0.15) is 33.1 Å². The molecule has 0 aromatic carbocycles. The lowest BCUT2D eigenvalue weighted by molar-refractivity contribution is -0.132. The number of nitriles is 1. The summed E-state index contributed by atoms with van der Waals surface area (Å²) in [6.07, 6.45) is 1.72. The van der Waals surface area contributed by atoms with Crippen molar-refractivity contribution in [1.82, 2.24) is 10.3 Å². The molecular weight excluding hydrogens is 244 g/mol. The van der Waals surface area contributed by atoms with Gasteiger partial charge in [0.1, 0.15) is 6.10 Å². The van der Waals surface area contributed by atoms with Crippen LogP contribution < -0.4 is 11.3 Å². The van der Waals surface area contributed by atoms with Crippen LogP contribution in [-0.4, -0.2) is 42.6 Å². The third-order valence-electron chi connectivity index (χ3n) is 3.17. The first kappa shape index (κ1) is 15.9. The third-order valence-corrected chi connectivity index (χ3v) is 3.17. The van der Waals surface area contributed by atoms with E-state index in [1.807, 2.05) is 0 Å². The summed E-state index contributed by atoms with van der Waals surface area (Å²) in [5.74, 6) is 5.39. The van der Waals surface area contributed by atoms with Crippen molar-refractivity contribution in [2.45, 2.75) is 45.3 Å². The van der Waals surface area contributed by atoms with Gasteiger partial charge in [0.2, 0.25) is 0 Å². The number of ether oxygens (including phenoxy) is 1.